The van der Waals surface area contributed by atoms with Crippen LogP contribution >= 0.6 is 0 Å². The van der Waals surface area contributed by atoms with Crippen molar-refractivity contribution in [2.75, 3.05) is 5.75 Å². The number of alkyl halides is 2. The number of hydrogen-bond acceptors (Lipinski definition) is 3. The van der Waals surface area contributed by atoms with Gasteiger partial charge in [0.1, 0.15) is 0 Å². The minimum Gasteiger partial charge on any atom is -0.307 e. The molecule has 0 radical (unpaired) electrons. The molecule has 7 heteroatoms. The summed E-state index contributed by atoms with van der Waals surface area (Å²) in [6.45, 7) is -1.72. The minimum atomic E-state index is -3.10. The van der Waals surface area contributed by atoms with Gasteiger partial charge < -0.3 is 5.32 Å². The van der Waals surface area contributed by atoms with Crippen molar-refractivity contribution in [3.8, 4) is 0 Å². The first-order valence-corrected chi connectivity index (χ1v) is 8.62. The highest BCUT2D eigenvalue weighted by atomic mass is 32.2. The minimum absolute atomic E-state index is 0.168. The van der Waals surface area contributed by atoms with Crippen LogP contribution in [0, 0.1) is 0 Å². The lowest BCUT2D eigenvalue weighted by molar-refractivity contribution is 0.0674. The Bertz CT molecular complexity index is 785. The number of aromatic nitrogens is 1. The number of benzene rings is 1. The van der Waals surface area contributed by atoms with Crippen LogP contribution < -0.4 is 5.32 Å². The number of nitrogens with zero attached hydrogens (tertiary/aromatic N) is 1. The second-order valence-electron chi connectivity index (χ2n) is 5.30. The molecule has 118 valence electrons. The van der Waals surface area contributed by atoms with Crippen LogP contribution in [0.4, 0.5) is 8.78 Å². The van der Waals surface area contributed by atoms with Crippen molar-refractivity contribution >= 4 is 9.84 Å². The van der Waals surface area contributed by atoms with E-state index in [9.17, 15) is 17.2 Å². The predicted molar refractivity (Wildman–Crippen MR) is 78.4 cm³/mol. The van der Waals surface area contributed by atoms with Gasteiger partial charge in [-0.25, -0.2) is 8.42 Å². The van der Waals surface area contributed by atoms with Gasteiger partial charge in [0.05, 0.1) is 10.6 Å². The topological polar surface area (TPSA) is 51.1 Å². The molecule has 0 fully saturated rings. The number of halogens is 2. The Morgan fingerprint density at radius 2 is 2.05 bits per heavy atom. The highest BCUT2D eigenvalue weighted by Gasteiger charge is 2.25. The summed E-state index contributed by atoms with van der Waals surface area (Å²) < 4.78 is 49.8. The van der Waals surface area contributed by atoms with Gasteiger partial charge in [0.2, 0.25) is 0 Å². The first kappa shape index (κ1) is 15.2. The lowest BCUT2D eigenvalue weighted by Gasteiger charge is -2.10. The lowest BCUT2D eigenvalue weighted by Crippen LogP contribution is -2.16. The van der Waals surface area contributed by atoms with Crippen molar-refractivity contribution in [2.24, 2.45) is 0 Å². The van der Waals surface area contributed by atoms with Crippen LogP contribution in [-0.4, -0.2) is 18.7 Å². The standard InChI is InChI=1S/C15H16F2N2O2S/c16-15(17)19-6-1-2-13(19)10-18-9-11-3-4-14-12(8-11)5-7-22(14,20)21/h1-4,6,8,15,18H,5,7,9-10H2. The summed E-state index contributed by atoms with van der Waals surface area (Å²) >= 11 is 0. The fraction of sp³-hybridized carbons (Fsp3) is 0.333. The molecule has 2 aromatic rings. The molecule has 1 aliphatic rings. The van der Waals surface area contributed by atoms with Gasteiger partial charge in [-0.2, -0.15) is 8.78 Å². The average molecular weight is 326 g/mol. The van der Waals surface area contributed by atoms with Crippen LogP contribution in [0.3, 0.4) is 0 Å². The second kappa shape index (κ2) is 5.81. The summed E-state index contributed by atoms with van der Waals surface area (Å²) in [4.78, 5) is 0.419. The molecule has 22 heavy (non-hydrogen) atoms. The van der Waals surface area contributed by atoms with Gasteiger partial charge in [0.25, 0.3) is 0 Å². The molecule has 1 N–H and O–H groups in total. The van der Waals surface area contributed by atoms with Crippen molar-refractivity contribution in [1.82, 2.24) is 9.88 Å². The van der Waals surface area contributed by atoms with Gasteiger partial charge in [0.15, 0.2) is 9.84 Å². The Hall–Kier alpha value is -1.73. The number of rotatable bonds is 5. The van der Waals surface area contributed by atoms with E-state index in [4.69, 9.17) is 0 Å². The molecule has 3 rings (SSSR count). The molecular weight excluding hydrogens is 310 g/mol. The van der Waals surface area contributed by atoms with Crippen molar-refractivity contribution < 1.29 is 17.2 Å². The van der Waals surface area contributed by atoms with Gasteiger partial charge in [-0.15, -0.1) is 0 Å². The molecule has 2 heterocycles. The Morgan fingerprint density at radius 1 is 1.23 bits per heavy atom. The quantitative estimate of drug-likeness (QED) is 0.918. The molecule has 0 aliphatic carbocycles. The molecule has 0 amide bonds. The van der Waals surface area contributed by atoms with Gasteiger partial charge in [0, 0.05) is 25.0 Å². The third kappa shape index (κ3) is 2.91. The Balaban J connectivity index is 1.64. The number of aryl methyl sites for hydroxylation is 1. The van der Waals surface area contributed by atoms with E-state index in [-0.39, 0.29) is 5.75 Å². The van der Waals surface area contributed by atoms with Crippen molar-refractivity contribution in [3.63, 3.8) is 0 Å². The molecule has 0 saturated heterocycles. The largest absolute Gasteiger partial charge is 0.318 e. The highest BCUT2D eigenvalue weighted by molar-refractivity contribution is 7.91. The SMILES string of the molecule is O=S1(=O)CCc2cc(CNCc3cccn3C(F)F)ccc21. The molecule has 0 bridgehead atoms. The number of sulfone groups is 1. The number of fused-ring (bicyclic) bond motifs is 1. The Morgan fingerprint density at radius 3 is 2.82 bits per heavy atom. The fourth-order valence-corrected chi connectivity index (χ4v) is 4.24. The summed E-state index contributed by atoms with van der Waals surface area (Å²) in [6.07, 6.45) is 1.89. The number of nitrogens with one attached hydrogen (secondary N) is 1. The van der Waals surface area contributed by atoms with E-state index in [1.807, 2.05) is 6.07 Å². The molecule has 0 saturated carbocycles. The smallest absolute Gasteiger partial charge is 0.307 e. The number of hydrogen-bond donors (Lipinski definition) is 1. The van der Waals surface area contributed by atoms with Gasteiger partial charge >= 0.3 is 6.55 Å². The third-order valence-corrected chi connectivity index (χ3v) is 5.62. The van der Waals surface area contributed by atoms with E-state index in [2.05, 4.69) is 5.32 Å². The Labute approximate surface area is 127 Å². The second-order valence-corrected chi connectivity index (χ2v) is 7.38. The highest BCUT2D eigenvalue weighted by Crippen LogP contribution is 2.26. The maximum Gasteiger partial charge on any atom is 0.318 e. The van der Waals surface area contributed by atoms with Gasteiger partial charge in [-0.3, -0.25) is 4.57 Å². The van der Waals surface area contributed by atoms with Crippen molar-refractivity contribution in [1.29, 1.82) is 0 Å². The van der Waals surface area contributed by atoms with E-state index in [0.29, 0.717) is 30.1 Å². The van der Waals surface area contributed by atoms with Crippen molar-refractivity contribution in [3.05, 3.63) is 53.3 Å². The zero-order valence-corrected chi connectivity index (χ0v) is 12.6. The maximum absolute atomic E-state index is 12.7. The maximum atomic E-state index is 12.7. The third-order valence-electron chi connectivity index (χ3n) is 3.81. The van der Waals surface area contributed by atoms with Crippen LogP contribution in [0.1, 0.15) is 23.4 Å². The molecule has 1 aromatic heterocycles. The van der Waals surface area contributed by atoms with E-state index >= 15 is 0 Å². The molecular formula is C15H16F2N2O2S. The lowest BCUT2D eigenvalue weighted by atomic mass is 10.1. The van der Waals surface area contributed by atoms with Crippen molar-refractivity contribution in [2.45, 2.75) is 31.0 Å². The van der Waals surface area contributed by atoms with E-state index in [0.717, 1.165) is 15.7 Å². The summed E-state index contributed by atoms with van der Waals surface area (Å²) in [6, 6.07) is 8.51. The van der Waals surface area contributed by atoms with E-state index in [1.165, 1.54) is 6.20 Å². The monoisotopic (exact) mass is 326 g/mol. The summed E-state index contributed by atoms with van der Waals surface area (Å²) in [5.41, 5.74) is 2.31. The first-order chi connectivity index (χ1) is 10.5. The van der Waals surface area contributed by atoms with Crippen LogP contribution in [0.25, 0.3) is 0 Å². The van der Waals surface area contributed by atoms with Gasteiger partial charge in [-0.05, 0) is 35.7 Å². The zero-order chi connectivity index (χ0) is 15.7. The van der Waals surface area contributed by atoms with E-state index < -0.39 is 16.4 Å². The van der Waals surface area contributed by atoms with Crippen LogP contribution in [0.2, 0.25) is 0 Å². The zero-order valence-electron chi connectivity index (χ0n) is 11.8. The molecule has 0 spiro atoms. The summed E-state index contributed by atoms with van der Waals surface area (Å²) in [5.74, 6) is 0.168. The molecule has 1 aliphatic heterocycles. The molecule has 0 unspecified atom stereocenters. The average Bonchev–Trinajstić information content (AvgIpc) is 3.04. The predicted octanol–water partition coefficient (Wildman–Crippen LogP) is 2.50. The Kier molecular flexibility index (Phi) is 4.01. The normalized spacial score (nSPS) is 16.1. The molecule has 0 atom stereocenters. The summed E-state index contributed by atoms with van der Waals surface area (Å²) in [5, 5.41) is 3.11. The van der Waals surface area contributed by atoms with Crippen LogP contribution in [0.15, 0.2) is 41.4 Å². The fourth-order valence-electron chi connectivity index (χ4n) is 2.70. The van der Waals surface area contributed by atoms with Gasteiger partial charge in [-0.1, -0.05) is 12.1 Å². The summed E-state index contributed by atoms with van der Waals surface area (Å²) in [7, 11) is -3.10. The molecule has 4 nitrogen and oxygen atoms in total. The van der Waals surface area contributed by atoms with Crippen LogP contribution in [-0.2, 0) is 29.3 Å². The van der Waals surface area contributed by atoms with E-state index in [1.54, 1.807) is 24.3 Å². The molecule has 1 aromatic carbocycles. The van der Waals surface area contributed by atoms with Crippen LogP contribution in [0.5, 0.6) is 0 Å². The first-order valence-electron chi connectivity index (χ1n) is 6.96.